The van der Waals surface area contributed by atoms with Gasteiger partial charge in [0, 0.05) is 42.3 Å². The summed E-state index contributed by atoms with van der Waals surface area (Å²) in [6.07, 6.45) is 4.27. The lowest BCUT2D eigenvalue weighted by atomic mass is 10.0. The van der Waals surface area contributed by atoms with Crippen LogP contribution in [-0.2, 0) is 17.6 Å². The van der Waals surface area contributed by atoms with E-state index in [-0.39, 0.29) is 17.9 Å². The molecule has 3 aromatic heterocycles. The third kappa shape index (κ3) is 4.11. The predicted molar refractivity (Wildman–Crippen MR) is 121 cm³/mol. The van der Waals surface area contributed by atoms with Crippen molar-refractivity contribution in [2.75, 3.05) is 26.7 Å². The molecule has 170 valence electrons. The van der Waals surface area contributed by atoms with Crippen molar-refractivity contribution in [3.8, 4) is 11.1 Å². The van der Waals surface area contributed by atoms with Gasteiger partial charge in [-0.25, -0.2) is 0 Å². The van der Waals surface area contributed by atoms with Crippen molar-refractivity contribution >= 4 is 11.8 Å². The third-order valence-corrected chi connectivity index (χ3v) is 6.22. The number of amides is 2. The molecule has 0 radical (unpaired) electrons. The van der Waals surface area contributed by atoms with Crippen LogP contribution in [0.25, 0.3) is 11.1 Å². The SMILES string of the molecule is CNC(=O)c1ccc(-c2cc(C)nc([C@@H]3CN(C(=O)c4n[nH]c5c4CCC5)CCO3)c2)cn1. The minimum atomic E-state index is -0.327. The highest BCUT2D eigenvalue weighted by Crippen LogP contribution is 2.29. The van der Waals surface area contributed by atoms with Gasteiger partial charge in [-0.3, -0.25) is 24.7 Å². The summed E-state index contributed by atoms with van der Waals surface area (Å²) in [5.41, 5.74) is 6.48. The van der Waals surface area contributed by atoms with Crippen molar-refractivity contribution in [1.82, 2.24) is 30.4 Å². The van der Waals surface area contributed by atoms with Crippen molar-refractivity contribution < 1.29 is 14.3 Å². The van der Waals surface area contributed by atoms with Crippen LogP contribution in [0.3, 0.4) is 0 Å². The fraction of sp³-hybridized carbons (Fsp3) is 0.375. The van der Waals surface area contributed by atoms with Gasteiger partial charge in [0.25, 0.3) is 11.8 Å². The van der Waals surface area contributed by atoms with Gasteiger partial charge in [0.05, 0.1) is 18.8 Å². The molecular formula is C24H26N6O3. The van der Waals surface area contributed by atoms with Crippen molar-refractivity contribution in [3.05, 3.63) is 64.5 Å². The van der Waals surface area contributed by atoms with Gasteiger partial charge in [-0.05, 0) is 49.9 Å². The van der Waals surface area contributed by atoms with Gasteiger partial charge in [0.2, 0.25) is 0 Å². The Morgan fingerprint density at radius 2 is 2.09 bits per heavy atom. The summed E-state index contributed by atoms with van der Waals surface area (Å²) in [4.78, 5) is 35.7. The first-order valence-corrected chi connectivity index (χ1v) is 11.2. The number of morpholine rings is 1. The molecule has 33 heavy (non-hydrogen) atoms. The second kappa shape index (κ2) is 8.74. The van der Waals surface area contributed by atoms with E-state index in [1.54, 1.807) is 19.3 Å². The maximum absolute atomic E-state index is 13.2. The molecule has 9 nitrogen and oxygen atoms in total. The number of pyridine rings is 2. The Morgan fingerprint density at radius 3 is 2.88 bits per heavy atom. The largest absolute Gasteiger partial charge is 0.368 e. The molecule has 1 saturated heterocycles. The molecule has 0 unspecified atom stereocenters. The molecule has 3 aromatic rings. The topological polar surface area (TPSA) is 113 Å². The number of aromatic nitrogens is 4. The lowest BCUT2D eigenvalue weighted by Crippen LogP contribution is -2.43. The molecule has 9 heteroatoms. The minimum Gasteiger partial charge on any atom is -0.368 e. The van der Waals surface area contributed by atoms with Crippen LogP contribution in [-0.4, -0.2) is 63.6 Å². The van der Waals surface area contributed by atoms with Crippen LogP contribution in [0.1, 0.15) is 56.1 Å². The third-order valence-electron chi connectivity index (χ3n) is 6.22. The highest BCUT2D eigenvalue weighted by atomic mass is 16.5. The predicted octanol–water partition coefficient (Wildman–Crippen LogP) is 2.24. The van der Waals surface area contributed by atoms with Crippen LogP contribution in [0.15, 0.2) is 30.5 Å². The Hall–Kier alpha value is -3.59. The fourth-order valence-electron chi connectivity index (χ4n) is 4.51. The van der Waals surface area contributed by atoms with Gasteiger partial charge in [0.1, 0.15) is 11.8 Å². The first kappa shape index (κ1) is 21.3. The van der Waals surface area contributed by atoms with Gasteiger partial charge in [-0.15, -0.1) is 0 Å². The number of carbonyl (C=O) groups is 2. The number of aromatic amines is 1. The van der Waals surface area contributed by atoms with E-state index in [2.05, 4.69) is 25.5 Å². The lowest BCUT2D eigenvalue weighted by molar-refractivity contribution is -0.0249. The van der Waals surface area contributed by atoms with E-state index in [1.165, 1.54) is 0 Å². The number of fused-ring (bicyclic) bond motifs is 1. The summed E-state index contributed by atoms with van der Waals surface area (Å²) in [5.74, 6) is -0.277. The Labute approximate surface area is 191 Å². The van der Waals surface area contributed by atoms with Crippen molar-refractivity contribution in [2.45, 2.75) is 32.3 Å². The zero-order valence-corrected chi connectivity index (χ0v) is 18.7. The van der Waals surface area contributed by atoms with Crippen LogP contribution < -0.4 is 5.32 Å². The second-order valence-electron chi connectivity index (χ2n) is 8.43. The summed E-state index contributed by atoms with van der Waals surface area (Å²) in [6, 6.07) is 7.50. The van der Waals surface area contributed by atoms with E-state index in [0.29, 0.717) is 31.1 Å². The maximum Gasteiger partial charge on any atom is 0.274 e. The van der Waals surface area contributed by atoms with Crippen LogP contribution in [0, 0.1) is 6.92 Å². The van der Waals surface area contributed by atoms with Crippen molar-refractivity contribution in [1.29, 1.82) is 0 Å². The van der Waals surface area contributed by atoms with Crippen molar-refractivity contribution in [2.24, 2.45) is 0 Å². The summed E-state index contributed by atoms with van der Waals surface area (Å²) >= 11 is 0. The Balaban J connectivity index is 1.37. The Kier molecular flexibility index (Phi) is 5.63. The summed E-state index contributed by atoms with van der Waals surface area (Å²) in [7, 11) is 1.58. The van der Waals surface area contributed by atoms with E-state index >= 15 is 0 Å². The molecule has 0 saturated carbocycles. The monoisotopic (exact) mass is 446 g/mol. The Morgan fingerprint density at radius 1 is 1.21 bits per heavy atom. The van der Waals surface area contributed by atoms with Gasteiger partial charge < -0.3 is 15.0 Å². The first-order valence-electron chi connectivity index (χ1n) is 11.2. The molecule has 5 rings (SSSR count). The number of H-pyrrole nitrogens is 1. The second-order valence-corrected chi connectivity index (χ2v) is 8.43. The number of carbonyl (C=O) groups excluding carboxylic acids is 2. The molecule has 1 aliphatic heterocycles. The summed E-state index contributed by atoms with van der Waals surface area (Å²) < 4.78 is 6.01. The zero-order chi connectivity index (χ0) is 22.9. The lowest BCUT2D eigenvalue weighted by Gasteiger charge is -2.32. The van der Waals surface area contributed by atoms with Gasteiger partial charge in [0.15, 0.2) is 5.69 Å². The van der Waals surface area contributed by atoms with Crippen LogP contribution in [0.2, 0.25) is 0 Å². The highest BCUT2D eigenvalue weighted by molar-refractivity contribution is 5.94. The molecule has 2 N–H and O–H groups in total. The number of hydrogen-bond donors (Lipinski definition) is 2. The van der Waals surface area contributed by atoms with Gasteiger partial charge in [-0.2, -0.15) is 5.10 Å². The average molecular weight is 447 g/mol. The normalized spacial score (nSPS) is 17.6. The molecule has 1 aliphatic carbocycles. The number of rotatable bonds is 4. The molecule has 4 heterocycles. The molecule has 0 spiro atoms. The molecule has 0 bridgehead atoms. The number of hydrogen-bond acceptors (Lipinski definition) is 6. The maximum atomic E-state index is 13.2. The van der Waals surface area contributed by atoms with E-state index in [9.17, 15) is 9.59 Å². The molecule has 1 fully saturated rings. The number of ether oxygens (including phenoxy) is 1. The zero-order valence-electron chi connectivity index (χ0n) is 18.7. The summed E-state index contributed by atoms with van der Waals surface area (Å²) in [5, 5.41) is 9.89. The van der Waals surface area contributed by atoms with Gasteiger partial charge in [-0.1, -0.05) is 6.07 Å². The number of nitrogens with one attached hydrogen (secondary N) is 2. The fourth-order valence-corrected chi connectivity index (χ4v) is 4.51. The molecular weight excluding hydrogens is 420 g/mol. The van der Waals surface area contributed by atoms with Crippen LogP contribution in [0.5, 0.6) is 0 Å². The van der Waals surface area contributed by atoms with E-state index in [4.69, 9.17) is 4.74 Å². The molecule has 0 aromatic carbocycles. The van der Waals surface area contributed by atoms with Crippen molar-refractivity contribution in [3.63, 3.8) is 0 Å². The number of aryl methyl sites for hydroxylation is 2. The number of nitrogens with zero attached hydrogens (tertiary/aromatic N) is 4. The standard InChI is InChI=1S/C24H26N6O3/c1-14-10-16(15-6-7-19(26-12-15)23(31)25-2)11-20(27-14)21-13-30(8-9-33-21)24(32)22-17-4-3-5-18(17)28-29-22/h6-7,10-12,21H,3-5,8-9,13H2,1-2H3,(H,25,31)(H,28,29)/t21-/m0/s1. The average Bonchev–Trinajstić information content (AvgIpc) is 3.47. The molecule has 2 aliphatic rings. The van der Waals surface area contributed by atoms with E-state index in [1.807, 2.05) is 30.0 Å². The van der Waals surface area contributed by atoms with Crippen LogP contribution >= 0.6 is 0 Å². The first-order chi connectivity index (χ1) is 16.0. The quantitative estimate of drug-likeness (QED) is 0.636. The summed E-state index contributed by atoms with van der Waals surface area (Å²) in [6.45, 7) is 3.32. The van der Waals surface area contributed by atoms with Gasteiger partial charge >= 0.3 is 0 Å². The smallest absolute Gasteiger partial charge is 0.274 e. The minimum absolute atomic E-state index is 0.0513. The highest BCUT2D eigenvalue weighted by Gasteiger charge is 2.31. The van der Waals surface area contributed by atoms with E-state index in [0.717, 1.165) is 53.0 Å². The molecule has 1 atom stereocenters. The Bertz CT molecular complexity index is 1200. The van der Waals surface area contributed by atoms with E-state index < -0.39 is 0 Å². The molecule has 2 amide bonds. The van der Waals surface area contributed by atoms with Crippen LogP contribution in [0.4, 0.5) is 0 Å².